The standard InChI is InChI=1S/C10H18O/c1-8-7-9(2,3)5-6-10(8,4)11/h7,11H,5-6H2,1-4H3. The molecule has 11 heavy (non-hydrogen) atoms. The normalized spacial score (nSPS) is 36.6. The molecule has 64 valence electrons. The molecule has 0 amide bonds. The molecule has 1 heteroatoms. The lowest BCUT2D eigenvalue weighted by Gasteiger charge is -2.36. The monoisotopic (exact) mass is 154 g/mol. The Balaban J connectivity index is 2.89. The highest BCUT2D eigenvalue weighted by Crippen LogP contribution is 2.38. The smallest absolute Gasteiger partial charge is 0.0826 e. The minimum Gasteiger partial charge on any atom is -0.386 e. The molecular formula is C10H18O. The van der Waals surface area contributed by atoms with Gasteiger partial charge in [-0.1, -0.05) is 19.9 Å². The van der Waals surface area contributed by atoms with E-state index >= 15 is 0 Å². The second-order valence-corrected chi connectivity index (χ2v) is 4.59. The van der Waals surface area contributed by atoms with E-state index in [2.05, 4.69) is 19.9 Å². The molecule has 0 aromatic carbocycles. The third kappa shape index (κ3) is 1.84. The summed E-state index contributed by atoms with van der Waals surface area (Å²) in [7, 11) is 0. The molecule has 1 rings (SSSR count). The van der Waals surface area contributed by atoms with Gasteiger partial charge in [-0.25, -0.2) is 0 Å². The second kappa shape index (κ2) is 2.34. The van der Waals surface area contributed by atoms with Gasteiger partial charge >= 0.3 is 0 Å². The summed E-state index contributed by atoms with van der Waals surface area (Å²) in [6.07, 6.45) is 4.16. The molecule has 0 aliphatic heterocycles. The molecule has 1 nitrogen and oxygen atoms in total. The van der Waals surface area contributed by atoms with Gasteiger partial charge < -0.3 is 5.11 Å². The molecule has 1 atom stereocenters. The molecule has 0 saturated heterocycles. The van der Waals surface area contributed by atoms with Gasteiger partial charge in [0.15, 0.2) is 0 Å². The topological polar surface area (TPSA) is 20.2 Å². The van der Waals surface area contributed by atoms with Crippen LogP contribution in [0.4, 0.5) is 0 Å². The van der Waals surface area contributed by atoms with Crippen LogP contribution in [0.15, 0.2) is 11.6 Å². The van der Waals surface area contributed by atoms with Gasteiger partial charge in [0.25, 0.3) is 0 Å². The fraction of sp³-hybridized carbons (Fsp3) is 0.800. The zero-order chi connectivity index (χ0) is 8.70. The van der Waals surface area contributed by atoms with E-state index in [0.29, 0.717) is 0 Å². The van der Waals surface area contributed by atoms with Crippen molar-refractivity contribution < 1.29 is 5.11 Å². The number of hydrogen-bond acceptors (Lipinski definition) is 1. The maximum Gasteiger partial charge on any atom is 0.0826 e. The van der Waals surface area contributed by atoms with Gasteiger partial charge in [-0.3, -0.25) is 0 Å². The van der Waals surface area contributed by atoms with E-state index in [1.165, 1.54) is 0 Å². The first kappa shape index (κ1) is 8.79. The molecule has 1 aliphatic rings. The van der Waals surface area contributed by atoms with Crippen LogP contribution in [0.2, 0.25) is 0 Å². The van der Waals surface area contributed by atoms with Crippen molar-refractivity contribution in [3.63, 3.8) is 0 Å². The van der Waals surface area contributed by atoms with Crippen LogP contribution in [0.1, 0.15) is 40.5 Å². The summed E-state index contributed by atoms with van der Waals surface area (Å²) in [5.41, 5.74) is 0.857. The molecule has 0 spiro atoms. The summed E-state index contributed by atoms with van der Waals surface area (Å²) in [4.78, 5) is 0. The molecule has 1 unspecified atom stereocenters. The molecule has 0 aromatic rings. The first-order valence-electron chi connectivity index (χ1n) is 4.26. The Labute approximate surface area is 69.1 Å². The maximum absolute atomic E-state index is 9.81. The Morgan fingerprint density at radius 2 is 1.82 bits per heavy atom. The lowest BCUT2D eigenvalue weighted by Crippen LogP contribution is -2.32. The number of aliphatic hydroxyl groups is 1. The largest absolute Gasteiger partial charge is 0.386 e. The Kier molecular flexibility index (Phi) is 1.87. The maximum atomic E-state index is 9.81. The summed E-state index contributed by atoms with van der Waals surface area (Å²) < 4.78 is 0. The van der Waals surface area contributed by atoms with E-state index < -0.39 is 5.60 Å². The third-order valence-electron chi connectivity index (χ3n) is 2.71. The van der Waals surface area contributed by atoms with Gasteiger partial charge in [-0.15, -0.1) is 0 Å². The molecule has 0 aromatic heterocycles. The SMILES string of the molecule is CC1=CC(C)(C)CCC1(C)O. The molecule has 0 fully saturated rings. The fourth-order valence-corrected chi connectivity index (χ4v) is 1.58. The van der Waals surface area contributed by atoms with Crippen LogP contribution in [0.5, 0.6) is 0 Å². The van der Waals surface area contributed by atoms with Gasteiger partial charge in [0.1, 0.15) is 0 Å². The average Bonchev–Trinajstić information content (AvgIpc) is 1.81. The first-order chi connectivity index (χ1) is 4.83. The Morgan fingerprint density at radius 3 is 2.18 bits per heavy atom. The third-order valence-corrected chi connectivity index (χ3v) is 2.71. The van der Waals surface area contributed by atoms with Crippen LogP contribution in [0, 0.1) is 5.41 Å². The van der Waals surface area contributed by atoms with Gasteiger partial charge in [0.2, 0.25) is 0 Å². The van der Waals surface area contributed by atoms with Crippen LogP contribution >= 0.6 is 0 Å². The van der Waals surface area contributed by atoms with Crippen molar-refractivity contribution in [2.45, 2.75) is 46.1 Å². The van der Waals surface area contributed by atoms with Crippen LogP contribution in [-0.2, 0) is 0 Å². The number of hydrogen-bond donors (Lipinski definition) is 1. The lowest BCUT2D eigenvalue weighted by atomic mass is 9.73. The van der Waals surface area contributed by atoms with Crippen molar-refractivity contribution >= 4 is 0 Å². The molecule has 1 aliphatic carbocycles. The first-order valence-corrected chi connectivity index (χ1v) is 4.26. The van der Waals surface area contributed by atoms with Gasteiger partial charge in [-0.05, 0) is 37.7 Å². The molecule has 0 heterocycles. The predicted octanol–water partition coefficient (Wildman–Crippen LogP) is 2.50. The molecule has 0 saturated carbocycles. The van der Waals surface area contributed by atoms with Gasteiger partial charge in [0, 0.05) is 0 Å². The van der Waals surface area contributed by atoms with E-state index in [1.54, 1.807) is 0 Å². The van der Waals surface area contributed by atoms with Gasteiger partial charge in [-0.2, -0.15) is 0 Å². The zero-order valence-corrected chi connectivity index (χ0v) is 7.94. The van der Waals surface area contributed by atoms with Crippen molar-refractivity contribution in [3.8, 4) is 0 Å². The van der Waals surface area contributed by atoms with E-state index in [9.17, 15) is 5.11 Å². The van der Waals surface area contributed by atoms with E-state index in [0.717, 1.165) is 18.4 Å². The van der Waals surface area contributed by atoms with E-state index in [4.69, 9.17) is 0 Å². The summed E-state index contributed by atoms with van der Waals surface area (Å²) in [5, 5.41) is 9.81. The van der Waals surface area contributed by atoms with Crippen molar-refractivity contribution in [1.29, 1.82) is 0 Å². The van der Waals surface area contributed by atoms with Crippen molar-refractivity contribution in [3.05, 3.63) is 11.6 Å². The summed E-state index contributed by atoms with van der Waals surface area (Å²) in [6.45, 7) is 8.34. The molecule has 0 bridgehead atoms. The lowest BCUT2D eigenvalue weighted by molar-refractivity contribution is 0.0660. The Morgan fingerprint density at radius 1 is 1.27 bits per heavy atom. The summed E-state index contributed by atoms with van der Waals surface area (Å²) >= 11 is 0. The fourth-order valence-electron chi connectivity index (χ4n) is 1.58. The van der Waals surface area contributed by atoms with Crippen LogP contribution in [-0.4, -0.2) is 10.7 Å². The van der Waals surface area contributed by atoms with Crippen molar-refractivity contribution in [2.24, 2.45) is 5.41 Å². The van der Waals surface area contributed by atoms with Crippen LogP contribution < -0.4 is 0 Å². The second-order valence-electron chi connectivity index (χ2n) is 4.59. The summed E-state index contributed by atoms with van der Waals surface area (Å²) in [6, 6.07) is 0. The minimum atomic E-state index is -0.546. The van der Waals surface area contributed by atoms with Crippen LogP contribution in [0.25, 0.3) is 0 Å². The number of allylic oxidation sites excluding steroid dienone is 1. The van der Waals surface area contributed by atoms with Crippen LogP contribution in [0.3, 0.4) is 0 Å². The molecular weight excluding hydrogens is 136 g/mol. The van der Waals surface area contributed by atoms with E-state index in [-0.39, 0.29) is 5.41 Å². The molecule has 0 radical (unpaired) electrons. The van der Waals surface area contributed by atoms with Crippen molar-refractivity contribution in [1.82, 2.24) is 0 Å². The predicted molar refractivity (Wildman–Crippen MR) is 47.4 cm³/mol. The Bertz CT molecular complexity index is 187. The Hall–Kier alpha value is -0.300. The highest BCUT2D eigenvalue weighted by molar-refractivity contribution is 5.19. The minimum absolute atomic E-state index is 0.284. The quantitative estimate of drug-likeness (QED) is 0.531. The van der Waals surface area contributed by atoms with Crippen molar-refractivity contribution in [2.75, 3.05) is 0 Å². The zero-order valence-electron chi connectivity index (χ0n) is 7.94. The van der Waals surface area contributed by atoms with Gasteiger partial charge in [0.05, 0.1) is 5.60 Å². The average molecular weight is 154 g/mol. The molecule has 1 N–H and O–H groups in total. The number of rotatable bonds is 0. The highest BCUT2D eigenvalue weighted by atomic mass is 16.3. The highest BCUT2D eigenvalue weighted by Gasteiger charge is 2.31. The summed E-state index contributed by atoms with van der Waals surface area (Å²) in [5.74, 6) is 0. The van der Waals surface area contributed by atoms with E-state index in [1.807, 2.05) is 13.8 Å².